The summed E-state index contributed by atoms with van der Waals surface area (Å²) in [6.45, 7) is 2.54. The van der Waals surface area contributed by atoms with Gasteiger partial charge in [-0.25, -0.2) is 0 Å². The molecule has 0 bridgehead atoms. The van der Waals surface area contributed by atoms with Gasteiger partial charge in [-0.05, 0) is 62.1 Å². The van der Waals surface area contributed by atoms with Crippen LogP contribution < -0.4 is 0 Å². The molecule has 9 aliphatic carbocycles. The molecule has 0 aromatic heterocycles. The highest BCUT2D eigenvalue weighted by Gasteiger charge is 3.70. The van der Waals surface area contributed by atoms with Crippen LogP contribution in [0.5, 0.6) is 0 Å². The third-order valence-electron chi connectivity index (χ3n) is 9.77. The van der Waals surface area contributed by atoms with Crippen LogP contribution in [-0.2, 0) is 0 Å². The zero-order chi connectivity index (χ0) is 6.94. The standard InChI is InChI=1S/C12H8/c1-3-5-7(3)9(5)11(7)10-6-2-4(6)8(6,10)12(9,10)11/h3-5H,2H2,1H3. The van der Waals surface area contributed by atoms with E-state index in [1.807, 2.05) is 0 Å². The Labute approximate surface area is 69.7 Å². The Morgan fingerprint density at radius 1 is 1.08 bits per heavy atom. The lowest BCUT2D eigenvalue weighted by Crippen LogP contribution is -2.09. The van der Waals surface area contributed by atoms with E-state index in [0.717, 1.165) is 21.7 Å². The van der Waals surface area contributed by atoms with E-state index in [1.165, 1.54) is 34.0 Å². The fraction of sp³-hybridized carbons (Fsp3) is 1.00. The first-order chi connectivity index (χ1) is 5.87. The molecule has 0 aromatic rings. The first-order valence-electron chi connectivity index (χ1n) is 5.87. The van der Waals surface area contributed by atoms with E-state index in [0.29, 0.717) is 0 Å². The Morgan fingerprint density at radius 2 is 2.00 bits per heavy atom. The zero-order valence-electron chi connectivity index (χ0n) is 6.94. The summed E-state index contributed by atoms with van der Waals surface area (Å²) < 4.78 is 0. The maximum Gasteiger partial charge on any atom is -0.000749 e. The van der Waals surface area contributed by atoms with Crippen molar-refractivity contribution >= 4 is 0 Å². The molecule has 0 saturated heterocycles. The lowest BCUT2D eigenvalue weighted by Gasteiger charge is -2.11. The molecule has 0 aliphatic heterocycles. The average molecular weight is 152 g/mol. The normalized spacial score (nSPS) is 141. The van der Waals surface area contributed by atoms with Crippen LogP contribution in [0.4, 0.5) is 0 Å². The van der Waals surface area contributed by atoms with Crippen LogP contribution in [0.3, 0.4) is 0 Å². The van der Waals surface area contributed by atoms with Gasteiger partial charge < -0.3 is 0 Å². The summed E-state index contributed by atoms with van der Waals surface area (Å²) in [5, 5.41) is 0. The van der Waals surface area contributed by atoms with Crippen molar-refractivity contribution in [1.82, 2.24) is 0 Å². The van der Waals surface area contributed by atoms with Crippen molar-refractivity contribution in [2.75, 3.05) is 0 Å². The molecule has 0 N–H and O–H groups in total. The summed E-state index contributed by atoms with van der Waals surface area (Å²) in [4.78, 5) is 0. The first-order valence-corrected chi connectivity index (χ1v) is 5.87. The smallest absolute Gasteiger partial charge is 0.000749 e. The number of rotatable bonds is 0. The molecule has 10 unspecified atom stereocenters. The molecule has 0 heterocycles. The topological polar surface area (TPSA) is 0 Å². The molecular formula is C12H8. The van der Waals surface area contributed by atoms with Gasteiger partial charge >= 0.3 is 0 Å². The van der Waals surface area contributed by atoms with Crippen LogP contribution in [0.15, 0.2) is 0 Å². The zero-order valence-corrected chi connectivity index (χ0v) is 6.94. The summed E-state index contributed by atoms with van der Waals surface area (Å²) in [5.41, 5.74) is 8.10. The van der Waals surface area contributed by atoms with Gasteiger partial charge in [-0.2, -0.15) is 0 Å². The van der Waals surface area contributed by atoms with Crippen LogP contribution in [-0.4, -0.2) is 0 Å². The fourth-order valence-corrected chi connectivity index (χ4v) is 10.8. The highest BCUT2D eigenvalue weighted by molar-refractivity contribution is 6.14. The van der Waals surface area contributed by atoms with Crippen molar-refractivity contribution in [3.05, 3.63) is 0 Å². The number of hydrogen-bond acceptors (Lipinski definition) is 0. The maximum absolute atomic E-state index is 2.54. The molecule has 9 fully saturated rings. The second kappa shape index (κ2) is 0.407. The third-order valence-corrected chi connectivity index (χ3v) is 9.77. The molecule has 7 spiro atoms. The SMILES string of the molecule is CC1C2C13C21C32C34C56CC5C63C142. The Kier molecular flexibility index (Phi) is 0.123. The van der Waals surface area contributed by atoms with Crippen LogP contribution in [0.2, 0.25) is 0 Å². The van der Waals surface area contributed by atoms with Gasteiger partial charge in [-0.3, -0.25) is 0 Å². The second-order valence-electron chi connectivity index (χ2n) is 7.73. The van der Waals surface area contributed by atoms with E-state index in [9.17, 15) is 0 Å². The monoisotopic (exact) mass is 152 g/mol. The largest absolute Gasteiger partial charge is 0.0616 e. The van der Waals surface area contributed by atoms with Crippen LogP contribution in [0, 0.1) is 55.7 Å². The summed E-state index contributed by atoms with van der Waals surface area (Å²) in [7, 11) is 0. The van der Waals surface area contributed by atoms with E-state index in [-0.39, 0.29) is 0 Å². The maximum atomic E-state index is 2.54. The Morgan fingerprint density at radius 3 is 2.67 bits per heavy atom. The molecule has 12 heavy (non-hydrogen) atoms. The predicted octanol–water partition coefficient (Wildman–Crippen LogP) is 1.27. The Bertz CT molecular complexity index is 579. The van der Waals surface area contributed by atoms with Crippen molar-refractivity contribution in [3.8, 4) is 0 Å². The quantitative estimate of drug-likeness (QED) is 0.490. The molecule has 56 valence electrons. The molecule has 0 radical (unpaired) electrons. The minimum Gasteiger partial charge on any atom is -0.0616 e. The Balaban J connectivity index is 1.58. The van der Waals surface area contributed by atoms with Crippen molar-refractivity contribution in [2.45, 2.75) is 13.3 Å². The van der Waals surface area contributed by atoms with Gasteiger partial charge in [-0.1, -0.05) is 6.92 Å². The second-order valence-corrected chi connectivity index (χ2v) is 7.73. The van der Waals surface area contributed by atoms with Gasteiger partial charge in [0.2, 0.25) is 0 Å². The first kappa shape index (κ1) is 3.63. The molecule has 9 saturated carbocycles. The molecule has 10 atom stereocenters. The summed E-state index contributed by atoms with van der Waals surface area (Å²) in [6, 6.07) is 0. The van der Waals surface area contributed by atoms with E-state index in [1.54, 1.807) is 6.42 Å². The van der Waals surface area contributed by atoms with Gasteiger partial charge in [0.1, 0.15) is 0 Å². The minimum atomic E-state index is 1.11. The molecule has 9 rings (SSSR count). The lowest BCUT2D eigenvalue weighted by molar-refractivity contribution is 0.338. The van der Waals surface area contributed by atoms with E-state index in [4.69, 9.17) is 0 Å². The van der Waals surface area contributed by atoms with Crippen LogP contribution >= 0.6 is 0 Å². The highest BCUT2D eigenvalue weighted by atomic mass is 15.7. The van der Waals surface area contributed by atoms with Crippen LogP contribution in [0.1, 0.15) is 13.3 Å². The molecule has 9 aliphatic rings. The van der Waals surface area contributed by atoms with E-state index in [2.05, 4.69) is 6.92 Å². The average Bonchev–Trinajstić information content (AvgIpc) is 2.82. The van der Waals surface area contributed by atoms with Crippen molar-refractivity contribution in [2.24, 2.45) is 55.7 Å². The fourth-order valence-electron chi connectivity index (χ4n) is 10.8. The van der Waals surface area contributed by atoms with E-state index >= 15 is 0 Å². The van der Waals surface area contributed by atoms with Gasteiger partial charge in [0, 0.05) is 0 Å². The predicted molar refractivity (Wildman–Crippen MR) is 37.8 cm³/mol. The third kappa shape index (κ3) is 0.0563. The van der Waals surface area contributed by atoms with Gasteiger partial charge in [-0.15, -0.1) is 0 Å². The molecular weight excluding hydrogens is 144 g/mol. The minimum absolute atomic E-state index is 1.11. The molecule has 0 heteroatoms. The number of hydrogen-bond donors (Lipinski definition) is 0. The van der Waals surface area contributed by atoms with Crippen molar-refractivity contribution in [1.29, 1.82) is 0 Å². The summed E-state index contributed by atoms with van der Waals surface area (Å²) in [6.07, 6.45) is 1.71. The van der Waals surface area contributed by atoms with Crippen molar-refractivity contribution < 1.29 is 0 Å². The lowest BCUT2D eigenvalue weighted by atomic mass is 9.91. The Hall–Kier alpha value is 0. The highest BCUT2D eigenvalue weighted by Crippen LogP contribution is 3.71. The van der Waals surface area contributed by atoms with Crippen LogP contribution in [0.25, 0.3) is 0 Å². The van der Waals surface area contributed by atoms with Gasteiger partial charge in [0.15, 0.2) is 0 Å². The summed E-state index contributed by atoms with van der Waals surface area (Å²) >= 11 is 0. The van der Waals surface area contributed by atoms with Crippen molar-refractivity contribution in [3.63, 3.8) is 0 Å². The molecule has 0 nitrogen and oxygen atoms in total. The van der Waals surface area contributed by atoms with Gasteiger partial charge in [0.05, 0.1) is 0 Å². The molecule has 0 amide bonds. The molecule has 0 aromatic carbocycles. The summed E-state index contributed by atoms with van der Waals surface area (Å²) in [5.74, 6) is 3.90. The van der Waals surface area contributed by atoms with E-state index < -0.39 is 0 Å². The van der Waals surface area contributed by atoms with Gasteiger partial charge in [0.25, 0.3) is 0 Å².